The molecular weight excluding hydrogens is 614 g/mol. The number of hydrogen-bond acceptors (Lipinski definition) is 18. The monoisotopic (exact) mass is 659 g/mol. The number of carbonyl (C=O) groups excluding carboxylic acids is 1. The summed E-state index contributed by atoms with van der Waals surface area (Å²) < 4.78 is 39.4. The van der Waals surface area contributed by atoms with Crippen molar-refractivity contribution in [1.29, 1.82) is 0 Å². The summed E-state index contributed by atoms with van der Waals surface area (Å²) in [5.74, 6) is -0.638. The first-order chi connectivity index (χ1) is 21.1. The van der Waals surface area contributed by atoms with Crippen LogP contribution >= 0.6 is 0 Å². The van der Waals surface area contributed by atoms with E-state index in [0.717, 1.165) is 6.92 Å². The lowest BCUT2D eigenvalue weighted by Gasteiger charge is -2.49. The Bertz CT molecular complexity index is 980. The van der Waals surface area contributed by atoms with Crippen LogP contribution in [0.25, 0.3) is 0 Å². The first-order valence-electron chi connectivity index (χ1n) is 14.7. The maximum Gasteiger partial charge on any atom is 0.217 e. The summed E-state index contributed by atoms with van der Waals surface area (Å²) in [5.41, 5.74) is 0. The molecule has 0 aromatic carbocycles. The summed E-state index contributed by atoms with van der Waals surface area (Å²) in [6.45, 7) is 4.59. The van der Waals surface area contributed by atoms with Crippen LogP contribution in [0.15, 0.2) is 0 Å². The predicted molar refractivity (Wildman–Crippen MR) is 141 cm³/mol. The zero-order valence-electron chi connectivity index (χ0n) is 25.0. The lowest BCUT2D eigenvalue weighted by Crippen LogP contribution is -2.68. The molecule has 0 aromatic heterocycles. The molecule has 4 rings (SSSR count). The third kappa shape index (κ3) is 7.60. The molecule has 262 valence electrons. The van der Waals surface area contributed by atoms with Crippen molar-refractivity contribution in [3.63, 3.8) is 0 Å². The molecule has 1 unspecified atom stereocenters. The van der Waals surface area contributed by atoms with Crippen molar-refractivity contribution in [2.45, 2.75) is 150 Å². The minimum atomic E-state index is -1.86. The van der Waals surface area contributed by atoms with Gasteiger partial charge in [0, 0.05) is 6.92 Å². The Balaban J connectivity index is 1.56. The first-order valence-corrected chi connectivity index (χ1v) is 14.7. The van der Waals surface area contributed by atoms with Gasteiger partial charge in [-0.3, -0.25) is 4.79 Å². The number of aliphatic hydroxyl groups excluding tert-OH is 10. The Hall–Kier alpha value is -1.21. The molecule has 4 aliphatic rings. The molecular formula is C26H45NO18. The standard InChI is InChI=1S/C26H45NO18/c1-6-12(30)17(35)18(36)25(40-6)43-20-13(31)8(3)41-26(19(20)37)45-22-21(14(32)7(2)39-23(22)38)44-24-11(27-9(4)29)16(34)15(33)10(5-28)42-24/h6-8,10-26,28,30-38H,5H2,1-4H3,(H,27,29)/t6-,7-,8-,10+,11+,12-,13-,14-,15+,16+,17+,18+,19+,20+,21+,22+,23?,24-,25-,26-/m0/s1. The summed E-state index contributed by atoms with van der Waals surface area (Å²) in [5, 5.41) is 107. The second-order valence-corrected chi connectivity index (χ2v) is 11.8. The van der Waals surface area contributed by atoms with Crippen LogP contribution < -0.4 is 5.32 Å². The second-order valence-electron chi connectivity index (χ2n) is 11.8. The van der Waals surface area contributed by atoms with Crippen molar-refractivity contribution >= 4 is 5.91 Å². The lowest BCUT2D eigenvalue weighted by atomic mass is 9.95. The van der Waals surface area contributed by atoms with Crippen molar-refractivity contribution in [2.75, 3.05) is 6.61 Å². The highest BCUT2D eigenvalue weighted by molar-refractivity contribution is 5.73. The molecule has 4 aliphatic heterocycles. The van der Waals surface area contributed by atoms with Crippen molar-refractivity contribution in [1.82, 2.24) is 5.32 Å². The molecule has 4 heterocycles. The van der Waals surface area contributed by atoms with E-state index in [9.17, 15) is 55.9 Å². The Kier molecular flexibility index (Phi) is 12.1. The topological polar surface area (TPSA) is 296 Å². The number of aliphatic hydroxyl groups is 10. The molecule has 20 atom stereocenters. The van der Waals surface area contributed by atoms with Crippen LogP contribution in [0, 0.1) is 0 Å². The molecule has 1 amide bonds. The molecule has 4 saturated heterocycles. The Labute approximate surface area is 257 Å². The number of nitrogens with one attached hydrogen (secondary N) is 1. The third-order valence-corrected chi connectivity index (χ3v) is 8.49. The quantitative estimate of drug-likeness (QED) is 0.115. The maximum absolute atomic E-state index is 11.9. The zero-order chi connectivity index (χ0) is 33.5. The van der Waals surface area contributed by atoms with Crippen molar-refractivity contribution in [3.8, 4) is 0 Å². The van der Waals surface area contributed by atoms with E-state index in [4.69, 9.17) is 33.2 Å². The SMILES string of the molecule is CC(=O)N[C@H]1[C@H](O[C@@H]2[C@@H](O)[C@H](C)OC(O)[C@@H]2O[C@@H]2O[C@@H](C)[C@H](O)[C@@H](O[C@@H]3O[C@@H](C)[C@H](O)[C@@H](O)[C@H]3O)[C@H]2O)O[C@H](CO)[C@@H](O)[C@@H]1O. The number of hydrogen-bond donors (Lipinski definition) is 11. The molecule has 0 spiro atoms. The van der Waals surface area contributed by atoms with Crippen LogP contribution in [0.2, 0.25) is 0 Å². The van der Waals surface area contributed by atoms with E-state index in [-0.39, 0.29) is 0 Å². The van der Waals surface area contributed by atoms with Gasteiger partial charge in [0.15, 0.2) is 25.2 Å². The third-order valence-electron chi connectivity index (χ3n) is 8.49. The van der Waals surface area contributed by atoms with Gasteiger partial charge in [-0.1, -0.05) is 0 Å². The largest absolute Gasteiger partial charge is 0.394 e. The van der Waals surface area contributed by atoms with E-state index in [1.165, 1.54) is 20.8 Å². The summed E-state index contributed by atoms with van der Waals surface area (Å²) >= 11 is 0. The van der Waals surface area contributed by atoms with E-state index in [0.29, 0.717) is 0 Å². The summed E-state index contributed by atoms with van der Waals surface area (Å²) in [6, 6.07) is -1.41. The van der Waals surface area contributed by atoms with Crippen molar-refractivity contribution < 1.29 is 89.0 Å². The summed E-state index contributed by atoms with van der Waals surface area (Å²) in [6.07, 6.45) is -29.3. The molecule has 4 fully saturated rings. The van der Waals surface area contributed by atoms with E-state index >= 15 is 0 Å². The average molecular weight is 660 g/mol. The molecule has 0 bridgehead atoms. The van der Waals surface area contributed by atoms with Gasteiger partial charge in [0.05, 0.1) is 24.9 Å². The van der Waals surface area contributed by atoms with Gasteiger partial charge in [-0.2, -0.15) is 0 Å². The van der Waals surface area contributed by atoms with Gasteiger partial charge < -0.3 is 89.5 Å². The normalized spacial score (nSPS) is 52.8. The number of rotatable bonds is 8. The second kappa shape index (κ2) is 14.9. The minimum absolute atomic E-state index is 0.638. The molecule has 45 heavy (non-hydrogen) atoms. The lowest BCUT2D eigenvalue weighted by molar-refractivity contribution is -0.389. The van der Waals surface area contributed by atoms with E-state index in [1.807, 2.05) is 0 Å². The molecule has 19 nitrogen and oxygen atoms in total. The fourth-order valence-electron chi connectivity index (χ4n) is 5.75. The van der Waals surface area contributed by atoms with Gasteiger partial charge in [-0.15, -0.1) is 0 Å². The van der Waals surface area contributed by atoms with Gasteiger partial charge >= 0.3 is 0 Å². The molecule has 0 radical (unpaired) electrons. The number of ether oxygens (including phenoxy) is 7. The number of carbonyl (C=O) groups is 1. The van der Waals surface area contributed by atoms with Crippen molar-refractivity contribution in [2.24, 2.45) is 0 Å². The van der Waals surface area contributed by atoms with Crippen molar-refractivity contribution in [3.05, 3.63) is 0 Å². The highest BCUT2D eigenvalue weighted by atomic mass is 16.8. The molecule has 0 saturated carbocycles. The van der Waals surface area contributed by atoms with Crippen LogP contribution in [0.1, 0.15) is 27.7 Å². The summed E-state index contributed by atoms with van der Waals surface area (Å²) in [4.78, 5) is 11.9. The number of amides is 1. The highest BCUT2D eigenvalue weighted by Crippen LogP contribution is 2.34. The predicted octanol–water partition coefficient (Wildman–Crippen LogP) is -6.52. The Morgan fingerprint density at radius 2 is 1.09 bits per heavy atom. The Morgan fingerprint density at radius 1 is 0.578 bits per heavy atom. The van der Waals surface area contributed by atoms with Gasteiger partial charge in [0.25, 0.3) is 0 Å². The fraction of sp³-hybridized carbons (Fsp3) is 0.962. The smallest absolute Gasteiger partial charge is 0.217 e. The van der Waals surface area contributed by atoms with Crippen LogP contribution in [0.3, 0.4) is 0 Å². The first kappa shape index (κ1) is 36.6. The maximum atomic E-state index is 11.9. The minimum Gasteiger partial charge on any atom is -0.394 e. The van der Waals surface area contributed by atoms with Crippen LogP contribution in [-0.2, 0) is 38.0 Å². The van der Waals surface area contributed by atoms with Gasteiger partial charge in [-0.05, 0) is 20.8 Å². The van der Waals surface area contributed by atoms with Gasteiger partial charge in [-0.25, -0.2) is 0 Å². The highest BCUT2D eigenvalue weighted by Gasteiger charge is 2.54. The van der Waals surface area contributed by atoms with Gasteiger partial charge in [0.2, 0.25) is 5.91 Å². The van der Waals surface area contributed by atoms with E-state index < -0.39 is 135 Å². The average Bonchev–Trinajstić information content (AvgIpc) is 2.98. The van der Waals surface area contributed by atoms with E-state index in [1.54, 1.807) is 0 Å². The molecule has 19 heteroatoms. The Morgan fingerprint density at radius 3 is 1.69 bits per heavy atom. The van der Waals surface area contributed by atoms with Gasteiger partial charge in [0.1, 0.15) is 79.3 Å². The van der Waals surface area contributed by atoms with Crippen LogP contribution in [0.4, 0.5) is 0 Å². The molecule has 11 N–H and O–H groups in total. The van der Waals surface area contributed by atoms with E-state index in [2.05, 4.69) is 5.32 Å². The zero-order valence-corrected chi connectivity index (χ0v) is 25.0. The fourth-order valence-corrected chi connectivity index (χ4v) is 5.75. The molecule has 0 aliphatic carbocycles. The molecule has 0 aromatic rings. The van der Waals surface area contributed by atoms with Crippen LogP contribution in [0.5, 0.6) is 0 Å². The van der Waals surface area contributed by atoms with Crippen LogP contribution in [-0.4, -0.2) is 186 Å². The summed E-state index contributed by atoms with van der Waals surface area (Å²) in [7, 11) is 0.